The molecule has 0 amide bonds. The zero-order valence-electron chi connectivity index (χ0n) is 16.1. The molecule has 1 aromatic carbocycles. The summed E-state index contributed by atoms with van der Waals surface area (Å²) in [5, 5.41) is 0. The van der Waals surface area contributed by atoms with Crippen molar-refractivity contribution in [2.45, 2.75) is 33.8 Å². The Morgan fingerprint density at radius 3 is 2.41 bits per heavy atom. The number of Topliss-reactive ketones (excluding diaryl/α,β-unsaturated/α-hetero) is 2. The summed E-state index contributed by atoms with van der Waals surface area (Å²) in [4.78, 5) is 39.3. The normalized spacial score (nSPS) is 12.0. The zero-order chi connectivity index (χ0) is 20.1. The summed E-state index contributed by atoms with van der Waals surface area (Å²) in [6.07, 6.45) is 1.82. The van der Waals surface area contributed by atoms with Crippen molar-refractivity contribution in [2.24, 2.45) is 0 Å². The largest absolute Gasteiger partial charge is 0.496 e. The molecule has 0 aliphatic carbocycles. The zero-order valence-corrected chi connectivity index (χ0v) is 16.1. The summed E-state index contributed by atoms with van der Waals surface area (Å²) in [6.45, 7) is 6.38. The van der Waals surface area contributed by atoms with Gasteiger partial charge in [0.05, 0.1) is 12.8 Å². The Kier molecular flexibility index (Phi) is 6.34. The van der Waals surface area contributed by atoms with Crippen LogP contribution in [-0.2, 0) is 9.53 Å². The summed E-state index contributed by atoms with van der Waals surface area (Å²) >= 11 is 0. The number of esters is 1. The number of hydrogen-bond acceptors (Lipinski definition) is 5. The second kappa shape index (κ2) is 8.49. The van der Waals surface area contributed by atoms with Crippen molar-refractivity contribution in [1.29, 1.82) is 0 Å². The molecule has 2 aromatic rings. The van der Waals surface area contributed by atoms with Gasteiger partial charge in [-0.2, -0.15) is 0 Å². The summed E-state index contributed by atoms with van der Waals surface area (Å²) in [7, 11) is 1.54. The van der Waals surface area contributed by atoms with Gasteiger partial charge in [0.25, 0.3) is 0 Å². The predicted octanol–water partition coefficient (Wildman–Crippen LogP) is 3.67. The number of aryl methyl sites for hydroxylation is 1. The maximum absolute atomic E-state index is 12.6. The Morgan fingerprint density at radius 1 is 1.15 bits per heavy atom. The van der Waals surface area contributed by atoms with E-state index in [-0.39, 0.29) is 17.3 Å². The van der Waals surface area contributed by atoms with Crippen LogP contribution in [-0.4, -0.2) is 35.7 Å². The molecule has 1 atom stereocenters. The highest BCUT2D eigenvalue weighted by Crippen LogP contribution is 2.21. The maximum Gasteiger partial charge on any atom is 0.331 e. The highest BCUT2D eigenvalue weighted by atomic mass is 16.5. The van der Waals surface area contributed by atoms with Crippen molar-refractivity contribution in [2.75, 3.05) is 7.11 Å². The maximum atomic E-state index is 12.6. The van der Waals surface area contributed by atoms with Gasteiger partial charge < -0.3 is 14.5 Å². The fraction of sp³-hybridized carbons (Fsp3) is 0.286. The van der Waals surface area contributed by atoms with Crippen LogP contribution in [0.25, 0.3) is 6.08 Å². The van der Waals surface area contributed by atoms with Crippen molar-refractivity contribution in [1.82, 2.24) is 4.98 Å². The molecule has 0 unspecified atom stereocenters. The number of nitrogens with one attached hydrogen (secondary N) is 1. The van der Waals surface area contributed by atoms with Gasteiger partial charge in [0.1, 0.15) is 5.75 Å². The number of carbonyl (C=O) groups is 3. The summed E-state index contributed by atoms with van der Waals surface area (Å²) in [5.74, 6) is -0.527. The van der Waals surface area contributed by atoms with E-state index in [1.54, 1.807) is 39.2 Å². The molecular formula is C21H23NO5. The number of benzene rings is 1. The summed E-state index contributed by atoms with van der Waals surface area (Å²) in [6, 6.07) is 7.22. The van der Waals surface area contributed by atoms with E-state index in [1.807, 2.05) is 12.1 Å². The van der Waals surface area contributed by atoms with Gasteiger partial charge in [-0.15, -0.1) is 0 Å². The molecule has 1 aromatic heterocycles. The Balaban J connectivity index is 2.10. The van der Waals surface area contributed by atoms with Crippen LogP contribution in [0, 0.1) is 13.8 Å². The van der Waals surface area contributed by atoms with E-state index in [0.717, 1.165) is 5.56 Å². The van der Waals surface area contributed by atoms with Crippen LogP contribution in [0.1, 0.15) is 51.5 Å². The third kappa shape index (κ3) is 4.53. The molecule has 0 aliphatic heterocycles. The van der Waals surface area contributed by atoms with E-state index < -0.39 is 12.1 Å². The van der Waals surface area contributed by atoms with Gasteiger partial charge in [-0.3, -0.25) is 9.59 Å². The molecule has 142 valence electrons. The van der Waals surface area contributed by atoms with E-state index in [4.69, 9.17) is 9.47 Å². The molecule has 6 heteroatoms. The van der Waals surface area contributed by atoms with Crippen molar-refractivity contribution >= 4 is 23.6 Å². The van der Waals surface area contributed by atoms with Crippen LogP contribution < -0.4 is 4.74 Å². The van der Waals surface area contributed by atoms with Crippen LogP contribution in [0.15, 0.2) is 30.3 Å². The number of carbonyl (C=O) groups excluding carboxylic acids is 3. The number of para-hydroxylation sites is 1. The first-order chi connectivity index (χ1) is 12.8. The number of methoxy groups -OCH3 is 1. The van der Waals surface area contributed by atoms with Crippen LogP contribution in [0.4, 0.5) is 0 Å². The molecule has 0 saturated heterocycles. The van der Waals surface area contributed by atoms with Crippen LogP contribution >= 0.6 is 0 Å². The molecular weight excluding hydrogens is 346 g/mol. The van der Waals surface area contributed by atoms with Gasteiger partial charge in [-0.25, -0.2) is 4.79 Å². The Labute approximate surface area is 158 Å². The Hall–Kier alpha value is -3.15. The third-order valence-corrected chi connectivity index (χ3v) is 4.24. The van der Waals surface area contributed by atoms with Crippen LogP contribution in [0.3, 0.4) is 0 Å². The smallest absolute Gasteiger partial charge is 0.331 e. The number of aromatic nitrogens is 1. The number of ketones is 2. The lowest BCUT2D eigenvalue weighted by molar-refractivity contribution is -0.140. The molecule has 27 heavy (non-hydrogen) atoms. The number of hydrogen-bond donors (Lipinski definition) is 1. The molecule has 1 N–H and O–H groups in total. The van der Waals surface area contributed by atoms with Crippen molar-refractivity contribution in [3.63, 3.8) is 0 Å². The minimum absolute atomic E-state index is 0.121. The highest BCUT2D eigenvalue weighted by molar-refractivity contribution is 6.05. The molecule has 0 bridgehead atoms. The van der Waals surface area contributed by atoms with Crippen molar-refractivity contribution in [3.8, 4) is 5.75 Å². The number of aromatic amines is 1. The van der Waals surface area contributed by atoms with E-state index in [0.29, 0.717) is 22.6 Å². The SMILES string of the molecule is COc1ccccc1/C=C/C(=O)O[C@@H](C)C(=O)c1[nH]c(C)c(C(C)=O)c1C. The van der Waals surface area contributed by atoms with E-state index in [1.165, 1.54) is 19.9 Å². The van der Waals surface area contributed by atoms with E-state index in [2.05, 4.69) is 4.98 Å². The first-order valence-electron chi connectivity index (χ1n) is 8.52. The predicted molar refractivity (Wildman–Crippen MR) is 102 cm³/mol. The Bertz CT molecular complexity index is 907. The van der Waals surface area contributed by atoms with Crippen molar-refractivity contribution in [3.05, 3.63) is 58.4 Å². The van der Waals surface area contributed by atoms with Crippen molar-refractivity contribution < 1.29 is 23.9 Å². The molecule has 1 heterocycles. The average Bonchev–Trinajstić information content (AvgIpc) is 2.93. The fourth-order valence-electron chi connectivity index (χ4n) is 2.96. The first kappa shape index (κ1) is 20.2. The van der Waals surface area contributed by atoms with Gasteiger partial charge in [0.15, 0.2) is 11.9 Å². The van der Waals surface area contributed by atoms with Gasteiger partial charge >= 0.3 is 5.97 Å². The fourth-order valence-corrected chi connectivity index (χ4v) is 2.96. The quantitative estimate of drug-likeness (QED) is 0.457. The number of H-pyrrole nitrogens is 1. The van der Waals surface area contributed by atoms with E-state index in [9.17, 15) is 14.4 Å². The number of ether oxygens (including phenoxy) is 2. The summed E-state index contributed by atoms with van der Waals surface area (Å²) in [5.41, 5.74) is 2.69. The summed E-state index contributed by atoms with van der Waals surface area (Å²) < 4.78 is 10.4. The van der Waals surface area contributed by atoms with Crippen LogP contribution in [0.2, 0.25) is 0 Å². The Morgan fingerprint density at radius 2 is 1.81 bits per heavy atom. The monoisotopic (exact) mass is 369 g/mol. The average molecular weight is 369 g/mol. The van der Waals surface area contributed by atoms with E-state index >= 15 is 0 Å². The third-order valence-electron chi connectivity index (χ3n) is 4.24. The lowest BCUT2D eigenvalue weighted by Crippen LogP contribution is -2.24. The van der Waals surface area contributed by atoms with Gasteiger partial charge in [-0.1, -0.05) is 18.2 Å². The second-order valence-corrected chi connectivity index (χ2v) is 6.20. The standard InChI is InChI=1S/C21H23NO5/c1-12-19(14(3)23)13(2)22-20(12)21(25)15(4)27-18(24)11-10-16-8-6-7-9-17(16)26-5/h6-11,15,22H,1-5H3/b11-10+/t15-/m0/s1. The second-order valence-electron chi connectivity index (χ2n) is 6.20. The molecule has 0 aliphatic rings. The topological polar surface area (TPSA) is 85.5 Å². The molecule has 0 saturated carbocycles. The minimum atomic E-state index is -0.989. The lowest BCUT2D eigenvalue weighted by Gasteiger charge is -2.11. The molecule has 6 nitrogen and oxygen atoms in total. The molecule has 0 fully saturated rings. The van der Waals surface area contributed by atoms with Gasteiger partial charge in [0.2, 0.25) is 5.78 Å². The van der Waals surface area contributed by atoms with Gasteiger partial charge in [0, 0.05) is 22.9 Å². The number of rotatable bonds is 7. The molecule has 0 radical (unpaired) electrons. The van der Waals surface area contributed by atoms with Gasteiger partial charge in [-0.05, 0) is 45.4 Å². The minimum Gasteiger partial charge on any atom is -0.496 e. The van der Waals surface area contributed by atoms with Crippen LogP contribution in [0.5, 0.6) is 5.75 Å². The molecule has 0 spiro atoms. The molecule has 2 rings (SSSR count). The lowest BCUT2D eigenvalue weighted by atomic mass is 10.0. The first-order valence-corrected chi connectivity index (χ1v) is 8.52. The highest BCUT2D eigenvalue weighted by Gasteiger charge is 2.25.